The zero-order chi connectivity index (χ0) is 15.8. The Morgan fingerprint density at radius 3 is 2.43 bits per heavy atom. The first kappa shape index (κ1) is 16.0. The van der Waals surface area contributed by atoms with Crippen LogP contribution in [0.2, 0.25) is 0 Å². The van der Waals surface area contributed by atoms with Crippen LogP contribution in [-0.4, -0.2) is 20.4 Å². The second kappa shape index (κ2) is 5.46. The average Bonchev–Trinajstić information content (AvgIpc) is 2.74. The zero-order valence-electron chi connectivity index (χ0n) is 12.6. The lowest BCUT2D eigenvalue weighted by molar-refractivity contribution is 0.0880. The van der Waals surface area contributed by atoms with Crippen LogP contribution in [0.4, 0.5) is 0 Å². The number of nitrogens with one attached hydrogen (secondary N) is 1. The maximum absolute atomic E-state index is 12.1. The highest BCUT2D eigenvalue weighted by Gasteiger charge is 2.29. The number of carbonyl (C=O) groups excluding carboxylic acids is 1. The van der Waals surface area contributed by atoms with Crippen LogP contribution >= 0.6 is 0 Å². The molecule has 21 heavy (non-hydrogen) atoms. The third-order valence-electron chi connectivity index (χ3n) is 4.08. The molecule has 0 unspecified atom stereocenters. The van der Waals surface area contributed by atoms with Gasteiger partial charge in [0, 0.05) is 12.1 Å². The largest absolute Gasteiger partial charge is 0.455 e. The Balaban J connectivity index is 2.05. The van der Waals surface area contributed by atoms with Gasteiger partial charge in [0.15, 0.2) is 5.76 Å². The molecule has 1 aliphatic rings. The first-order valence-corrected chi connectivity index (χ1v) is 8.57. The van der Waals surface area contributed by atoms with Gasteiger partial charge in [0.25, 0.3) is 5.91 Å². The van der Waals surface area contributed by atoms with E-state index in [1.807, 2.05) is 0 Å². The monoisotopic (exact) mass is 314 g/mol. The van der Waals surface area contributed by atoms with Crippen LogP contribution < -0.4 is 10.5 Å². The van der Waals surface area contributed by atoms with Crippen molar-refractivity contribution in [1.82, 2.24) is 5.32 Å². The van der Waals surface area contributed by atoms with Crippen LogP contribution in [0.1, 0.15) is 55.8 Å². The second-order valence-corrected chi connectivity index (χ2v) is 8.02. The third-order valence-corrected chi connectivity index (χ3v) is 5.10. The lowest BCUT2D eigenvalue weighted by Crippen LogP contribution is -2.39. The van der Waals surface area contributed by atoms with Gasteiger partial charge in [-0.05, 0) is 38.0 Å². The van der Waals surface area contributed by atoms with E-state index in [1.54, 1.807) is 0 Å². The highest BCUT2D eigenvalue weighted by Crippen LogP contribution is 2.35. The molecule has 0 aromatic carbocycles. The lowest BCUT2D eigenvalue weighted by Gasteiger charge is -2.34. The number of aryl methyl sites for hydroxylation is 1. The molecule has 1 aromatic heterocycles. The predicted molar refractivity (Wildman–Crippen MR) is 78.3 cm³/mol. The van der Waals surface area contributed by atoms with Gasteiger partial charge in [0.05, 0.1) is 0 Å². The van der Waals surface area contributed by atoms with Crippen LogP contribution in [0.25, 0.3) is 0 Å². The van der Waals surface area contributed by atoms with E-state index in [-0.39, 0.29) is 22.5 Å². The highest BCUT2D eigenvalue weighted by atomic mass is 32.2. The van der Waals surface area contributed by atoms with Crippen molar-refractivity contribution in [3.63, 3.8) is 0 Å². The third kappa shape index (κ3) is 3.85. The molecule has 7 heteroatoms. The minimum atomic E-state index is -3.87. The Morgan fingerprint density at radius 2 is 1.95 bits per heavy atom. The van der Waals surface area contributed by atoms with Crippen molar-refractivity contribution in [2.24, 2.45) is 10.6 Å². The quantitative estimate of drug-likeness (QED) is 0.889. The van der Waals surface area contributed by atoms with Gasteiger partial charge in [-0.2, -0.15) is 0 Å². The molecule has 0 atom stereocenters. The number of amides is 1. The molecule has 1 heterocycles. The summed E-state index contributed by atoms with van der Waals surface area (Å²) in [5.41, 5.74) is 0.323. The van der Waals surface area contributed by atoms with E-state index in [4.69, 9.17) is 9.56 Å². The first-order chi connectivity index (χ1) is 9.58. The second-order valence-electron chi connectivity index (χ2n) is 6.49. The van der Waals surface area contributed by atoms with Gasteiger partial charge in [-0.15, -0.1) is 0 Å². The van der Waals surface area contributed by atoms with Gasteiger partial charge in [-0.3, -0.25) is 4.79 Å². The molecular weight excluding hydrogens is 292 g/mol. The van der Waals surface area contributed by atoms with Crippen LogP contribution in [0, 0.1) is 12.3 Å². The topological polar surface area (TPSA) is 102 Å². The number of primary sulfonamides is 1. The summed E-state index contributed by atoms with van der Waals surface area (Å²) >= 11 is 0. The van der Waals surface area contributed by atoms with Gasteiger partial charge < -0.3 is 9.73 Å². The Bertz CT molecular complexity index is 636. The number of carbonyl (C=O) groups is 1. The predicted octanol–water partition coefficient (Wildman–Crippen LogP) is 1.93. The maximum atomic E-state index is 12.1. The fourth-order valence-corrected chi connectivity index (χ4v) is 3.37. The van der Waals surface area contributed by atoms with Gasteiger partial charge in [-0.1, -0.05) is 13.8 Å². The SMILES string of the molecule is Cc1oc(C(=O)NC2CCC(C)(C)CC2)cc1S(N)(=O)=O. The standard InChI is InChI=1S/C14H22N2O4S/c1-9-12(21(15,18)19)8-11(20-9)13(17)16-10-4-6-14(2,3)7-5-10/h8,10H,4-7H2,1-3H3,(H,16,17)(H2,15,18,19). The van der Waals surface area contributed by atoms with Crippen molar-refractivity contribution in [3.8, 4) is 0 Å². The molecule has 2 rings (SSSR count). The van der Waals surface area contributed by atoms with Crippen molar-refractivity contribution >= 4 is 15.9 Å². The first-order valence-electron chi connectivity index (χ1n) is 7.03. The normalized spacial score (nSPS) is 19.4. The average molecular weight is 314 g/mol. The highest BCUT2D eigenvalue weighted by molar-refractivity contribution is 7.89. The molecule has 1 amide bonds. The summed E-state index contributed by atoms with van der Waals surface area (Å²) in [6.07, 6.45) is 3.94. The molecule has 3 N–H and O–H groups in total. The summed E-state index contributed by atoms with van der Waals surface area (Å²) in [6, 6.07) is 1.29. The van der Waals surface area contributed by atoms with Crippen molar-refractivity contribution in [2.45, 2.75) is 57.4 Å². The molecule has 0 radical (unpaired) electrons. The molecule has 1 aliphatic carbocycles. The molecule has 1 saturated carbocycles. The van der Waals surface area contributed by atoms with Crippen LogP contribution in [0.15, 0.2) is 15.4 Å². The molecule has 6 nitrogen and oxygen atoms in total. The van der Waals surface area contributed by atoms with E-state index in [9.17, 15) is 13.2 Å². The van der Waals surface area contributed by atoms with Gasteiger partial charge in [0.2, 0.25) is 10.0 Å². The van der Waals surface area contributed by atoms with Crippen molar-refractivity contribution < 1.29 is 17.6 Å². The van der Waals surface area contributed by atoms with Crippen LogP contribution in [0.3, 0.4) is 0 Å². The number of nitrogens with two attached hydrogens (primary N) is 1. The van der Waals surface area contributed by atoms with Crippen molar-refractivity contribution in [3.05, 3.63) is 17.6 Å². The molecule has 1 fully saturated rings. The minimum Gasteiger partial charge on any atom is -0.455 e. The molecular formula is C14H22N2O4S. The summed E-state index contributed by atoms with van der Waals surface area (Å²) in [4.78, 5) is 12.0. The van der Waals surface area contributed by atoms with E-state index in [0.29, 0.717) is 5.41 Å². The van der Waals surface area contributed by atoms with Gasteiger partial charge >= 0.3 is 0 Å². The van der Waals surface area contributed by atoms with Gasteiger partial charge in [-0.25, -0.2) is 13.6 Å². The number of rotatable bonds is 3. The van der Waals surface area contributed by atoms with E-state index in [0.717, 1.165) is 25.7 Å². The van der Waals surface area contributed by atoms with Crippen molar-refractivity contribution in [1.29, 1.82) is 0 Å². The summed E-state index contributed by atoms with van der Waals surface area (Å²) in [6.45, 7) is 5.91. The zero-order valence-corrected chi connectivity index (χ0v) is 13.4. The Hall–Kier alpha value is -1.34. The summed E-state index contributed by atoms with van der Waals surface area (Å²) < 4.78 is 27.9. The molecule has 0 bridgehead atoms. The summed E-state index contributed by atoms with van der Waals surface area (Å²) in [5, 5.41) is 7.96. The van der Waals surface area contributed by atoms with Crippen LogP contribution in [0.5, 0.6) is 0 Å². The van der Waals surface area contributed by atoms with E-state index in [2.05, 4.69) is 19.2 Å². The molecule has 118 valence electrons. The molecule has 0 saturated heterocycles. The fraction of sp³-hybridized carbons (Fsp3) is 0.643. The van der Waals surface area contributed by atoms with E-state index < -0.39 is 15.9 Å². The smallest absolute Gasteiger partial charge is 0.287 e. The minimum absolute atomic E-state index is 0.0126. The number of sulfonamides is 1. The Kier molecular flexibility index (Phi) is 4.17. The molecule has 1 aromatic rings. The number of hydrogen-bond acceptors (Lipinski definition) is 4. The lowest BCUT2D eigenvalue weighted by atomic mass is 9.75. The summed E-state index contributed by atoms with van der Waals surface area (Å²) in [5.74, 6) is -0.272. The molecule has 0 spiro atoms. The Labute approximate surface area is 125 Å². The van der Waals surface area contributed by atoms with E-state index >= 15 is 0 Å². The van der Waals surface area contributed by atoms with E-state index in [1.165, 1.54) is 13.0 Å². The number of hydrogen-bond donors (Lipinski definition) is 2. The van der Waals surface area contributed by atoms with Crippen LogP contribution in [-0.2, 0) is 10.0 Å². The maximum Gasteiger partial charge on any atom is 0.287 e. The Morgan fingerprint density at radius 1 is 1.38 bits per heavy atom. The van der Waals surface area contributed by atoms with Crippen molar-refractivity contribution in [2.75, 3.05) is 0 Å². The molecule has 0 aliphatic heterocycles. The van der Waals surface area contributed by atoms with Gasteiger partial charge in [0.1, 0.15) is 10.7 Å². The number of furan rings is 1. The summed E-state index contributed by atoms with van der Waals surface area (Å²) in [7, 11) is -3.87. The fourth-order valence-electron chi connectivity index (χ4n) is 2.66.